The molecule has 0 atom stereocenters. The lowest BCUT2D eigenvalue weighted by atomic mass is 10.0. The van der Waals surface area contributed by atoms with Gasteiger partial charge in [-0.3, -0.25) is 79.1 Å². The van der Waals surface area contributed by atoms with E-state index in [1.54, 1.807) is 48.5 Å². The number of ether oxygens (including phenoxy) is 1. The number of amides is 4. The number of nitrogens with zero attached hydrogens (tertiary/aromatic N) is 16. The molecular weight excluding hydrogens is 1590 g/mol. The summed E-state index contributed by atoms with van der Waals surface area (Å²) in [7, 11) is 0. The third-order valence-electron chi connectivity index (χ3n) is 22.2. The zero-order valence-electron chi connectivity index (χ0n) is 68.8. The van der Waals surface area contributed by atoms with Gasteiger partial charge in [0.2, 0.25) is 0 Å². The largest absolute Gasteiger partial charge is 0.393 e. The number of nitrogen functional groups attached to an aromatic ring is 4. The smallest absolute Gasteiger partial charge is 0.276 e. The number of carbonyl (C=O) groups is 4. The van der Waals surface area contributed by atoms with Crippen LogP contribution in [-0.2, 0) is 30.9 Å². The van der Waals surface area contributed by atoms with Crippen LogP contribution in [0, 0.1) is 0 Å². The Morgan fingerprint density at radius 2 is 0.595 bits per heavy atom. The van der Waals surface area contributed by atoms with E-state index in [4.69, 9.17) is 27.7 Å². The first-order valence-corrected chi connectivity index (χ1v) is 41.5. The van der Waals surface area contributed by atoms with Crippen LogP contribution in [0.25, 0.3) is 88.1 Å². The highest BCUT2D eigenvalue weighted by molar-refractivity contribution is 6.14. The average Bonchev–Trinajstić information content (AvgIpc) is 1.65. The van der Waals surface area contributed by atoms with E-state index in [1.165, 1.54) is 55.2 Å². The Kier molecular flexibility index (Phi) is 25.4. The van der Waals surface area contributed by atoms with Gasteiger partial charge in [0, 0.05) is 146 Å². The third-order valence-corrected chi connectivity index (χ3v) is 22.2. The van der Waals surface area contributed by atoms with Gasteiger partial charge >= 0.3 is 0 Å². The standard InChI is InChI=1S/C24H25N7O2.C23H23N7O2.C23H23N7O.C22H21N7O/c25-22-4-2-18(13-27-22)28-24(33)23-20-10-16(1-3-21(20)29-30-23)17-9-15(11-26-12-17)14-31-7-5-19(32)6-8-31;24-21-4-2-18(13-26-21)27-23(31)22-19-10-16(1-3-20(19)28-29-22)17-9-15(11-25-12-17)14-30-5-7-32-8-6-30;24-21-6-4-18(13-26-21)27-23(31)22-19-10-16(3-5-20(19)28-29-22)17-9-15(11-25-12-17)14-30-7-1-2-8-30;23-20-5-3-17(12-25-20)26-22(30)21-18-9-15(2-4-19(18)27-28-21)16-8-14(10-24-11-16)13-29-6-1-7-29/h1-4,9-13,19,32H,5-8,14H2,(H2,25,27)(H,28,33)(H,29,30);1-4,9-13H,5-8,14H2,(H2,24,26)(H,27,31)(H,28,29);3-6,9-13H,1-2,7-8,14H2,(H2,24,26)(H,27,31)(H,28,29);2-5,8-12H,1,6-7,13H2,(H2,23,25)(H,26,30)(H,27,28). The van der Waals surface area contributed by atoms with Crippen LogP contribution < -0.4 is 44.2 Å². The summed E-state index contributed by atoms with van der Waals surface area (Å²) in [6.07, 6.45) is 26.3. The molecule has 34 heteroatoms. The second-order valence-electron chi connectivity index (χ2n) is 31.4. The van der Waals surface area contributed by atoms with Crippen molar-refractivity contribution >= 4 is 113 Å². The lowest BCUT2D eigenvalue weighted by molar-refractivity contribution is 0.0341. The molecular formula is C92H92N28O6. The fourth-order valence-corrected chi connectivity index (χ4v) is 15.4. The number of benzene rings is 4. The van der Waals surface area contributed by atoms with Crippen LogP contribution in [0.15, 0.2) is 220 Å². The van der Waals surface area contributed by atoms with Gasteiger partial charge in [-0.15, -0.1) is 0 Å². The molecule has 4 aliphatic rings. The third kappa shape index (κ3) is 20.6. The number of hydrogen-bond acceptors (Lipinski definition) is 26. The molecule has 34 nitrogen and oxygen atoms in total. The van der Waals surface area contributed by atoms with Crippen molar-refractivity contribution in [3.8, 4) is 44.5 Å². The molecule has 0 spiro atoms. The second-order valence-corrected chi connectivity index (χ2v) is 31.4. The van der Waals surface area contributed by atoms with E-state index in [0.29, 0.717) is 68.8 Å². The number of hydrogen-bond donors (Lipinski definition) is 13. The predicted molar refractivity (Wildman–Crippen MR) is 485 cm³/mol. The number of fused-ring (bicyclic) bond motifs is 4. The molecule has 4 aromatic carbocycles. The summed E-state index contributed by atoms with van der Waals surface area (Å²) in [6, 6.07) is 45.5. The topological polar surface area (TPSA) is 481 Å². The lowest BCUT2D eigenvalue weighted by Crippen LogP contribution is -2.36. The van der Waals surface area contributed by atoms with Crippen molar-refractivity contribution in [2.24, 2.45) is 0 Å². The van der Waals surface area contributed by atoms with Gasteiger partial charge < -0.3 is 54.0 Å². The van der Waals surface area contributed by atoms with Crippen molar-refractivity contribution in [1.29, 1.82) is 0 Å². The van der Waals surface area contributed by atoms with Gasteiger partial charge in [-0.1, -0.05) is 24.3 Å². The Hall–Kier alpha value is -15.2. The van der Waals surface area contributed by atoms with Crippen molar-refractivity contribution in [3.05, 3.63) is 265 Å². The number of aliphatic hydroxyl groups is 1. The van der Waals surface area contributed by atoms with Gasteiger partial charge in [-0.25, -0.2) is 19.9 Å². The maximum Gasteiger partial charge on any atom is 0.276 e. The number of piperidine rings is 1. The van der Waals surface area contributed by atoms with Crippen molar-refractivity contribution in [2.75, 3.05) is 110 Å². The first kappa shape index (κ1) is 83.1. The van der Waals surface area contributed by atoms with Crippen molar-refractivity contribution < 1.29 is 29.0 Å². The van der Waals surface area contributed by atoms with Gasteiger partial charge in [0.15, 0.2) is 22.8 Å². The van der Waals surface area contributed by atoms with E-state index in [1.807, 2.05) is 122 Å². The molecule has 20 rings (SSSR count). The number of pyridine rings is 8. The summed E-state index contributed by atoms with van der Waals surface area (Å²) < 4.78 is 5.43. The minimum Gasteiger partial charge on any atom is -0.393 e. The number of rotatable bonds is 20. The maximum absolute atomic E-state index is 12.8. The minimum atomic E-state index is -0.330. The van der Waals surface area contributed by atoms with Crippen LogP contribution in [0.1, 0.15) is 96.3 Å². The molecule has 12 aromatic heterocycles. The van der Waals surface area contributed by atoms with Gasteiger partial charge in [-0.2, -0.15) is 20.4 Å². The van der Waals surface area contributed by atoms with E-state index < -0.39 is 0 Å². The highest BCUT2D eigenvalue weighted by atomic mass is 16.5. The molecule has 0 bridgehead atoms. The highest BCUT2D eigenvalue weighted by Crippen LogP contribution is 2.33. The number of nitrogens with two attached hydrogens (primary N) is 4. The summed E-state index contributed by atoms with van der Waals surface area (Å²) in [5, 5.41) is 52.5. The minimum absolute atomic E-state index is 0.185. The molecule has 16 heterocycles. The number of aliphatic hydroxyl groups excluding tert-OH is 1. The fraction of sp³-hybridized carbons (Fsp3) is 0.217. The van der Waals surface area contributed by atoms with Crippen LogP contribution in [0.3, 0.4) is 0 Å². The molecule has 636 valence electrons. The van der Waals surface area contributed by atoms with Gasteiger partial charge in [0.05, 0.1) is 88.9 Å². The van der Waals surface area contributed by atoms with Crippen LogP contribution >= 0.6 is 0 Å². The van der Waals surface area contributed by atoms with E-state index in [-0.39, 0.29) is 29.7 Å². The lowest BCUT2D eigenvalue weighted by Gasteiger charge is -2.30. The van der Waals surface area contributed by atoms with E-state index >= 15 is 0 Å². The van der Waals surface area contributed by atoms with Crippen LogP contribution in [0.5, 0.6) is 0 Å². The number of likely N-dealkylation sites (tertiary alicyclic amines) is 3. The summed E-state index contributed by atoms with van der Waals surface area (Å²) >= 11 is 0. The molecule has 0 saturated carbocycles. The quantitative estimate of drug-likeness (QED) is 0.0337. The Labute approximate surface area is 722 Å². The van der Waals surface area contributed by atoms with Gasteiger partial charge in [0.1, 0.15) is 23.3 Å². The molecule has 4 fully saturated rings. The number of morpholine rings is 1. The summed E-state index contributed by atoms with van der Waals surface area (Å²) in [4.78, 5) is 94.5. The first-order chi connectivity index (χ1) is 61.5. The Morgan fingerprint density at radius 3 is 0.857 bits per heavy atom. The van der Waals surface area contributed by atoms with E-state index in [2.05, 4.69) is 146 Å². The predicted octanol–water partition coefficient (Wildman–Crippen LogP) is 12.0. The summed E-state index contributed by atoms with van der Waals surface area (Å²) in [6.45, 7) is 13.2. The highest BCUT2D eigenvalue weighted by Gasteiger charge is 2.24. The number of nitrogens with one attached hydrogen (secondary N) is 8. The zero-order chi connectivity index (χ0) is 86.4. The SMILES string of the molecule is Nc1ccc(NC(=O)c2n[nH]c3ccc(-c4cncc(CN5CCC(O)CC5)c4)cc23)cn1.Nc1ccc(NC(=O)c2n[nH]c3ccc(-c4cncc(CN5CCC5)c4)cc23)cn1.Nc1ccc(NC(=O)c2n[nH]c3ccc(-c4cncc(CN5CCCC5)c4)cc23)cn1.Nc1ccc(NC(=O)c2n[nH]c3ccc(-c4cncc(CN5CCOCC5)c4)cc23)cn1. The monoisotopic (exact) mass is 1680 g/mol. The second kappa shape index (κ2) is 38.5. The van der Waals surface area contributed by atoms with Crippen molar-refractivity contribution in [2.45, 2.75) is 64.4 Å². The Balaban J connectivity index is 0.000000119. The zero-order valence-corrected chi connectivity index (χ0v) is 68.8. The number of carbonyl (C=O) groups excluding carboxylic acids is 4. The number of anilines is 8. The Bertz CT molecular complexity index is 6540. The van der Waals surface area contributed by atoms with Crippen molar-refractivity contribution in [3.63, 3.8) is 0 Å². The normalized spacial score (nSPS) is 14.4. The Morgan fingerprint density at radius 1 is 0.325 bits per heavy atom. The van der Waals surface area contributed by atoms with Gasteiger partial charge in [0.25, 0.3) is 23.6 Å². The van der Waals surface area contributed by atoms with Crippen LogP contribution in [-0.4, -0.2) is 201 Å². The average molecular weight is 1690 g/mol. The summed E-state index contributed by atoms with van der Waals surface area (Å²) in [5.74, 6) is 0.300. The van der Waals surface area contributed by atoms with Crippen molar-refractivity contribution in [1.82, 2.24) is 100 Å². The summed E-state index contributed by atoms with van der Waals surface area (Å²) in [5.41, 5.74) is 41.6. The van der Waals surface area contributed by atoms with Crippen LogP contribution in [0.2, 0.25) is 0 Å². The van der Waals surface area contributed by atoms with Crippen LogP contribution in [0.4, 0.5) is 46.0 Å². The molecule has 4 aliphatic heterocycles. The maximum atomic E-state index is 12.8. The molecule has 126 heavy (non-hydrogen) atoms. The fourth-order valence-electron chi connectivity index (χ4n) is 15.4. The van der Waals surface area contributed by atoms with E-state index in [9.17, 15) is 24.3 Å². The number of H-pyrrole nitrogens is 4. The molecule has 0 aliphatic carbocycles. The number of aromatic amines is 4. The molecule has 4 amide bonds. The molecule has 0 radical (unpaired) electrons. The molecule has 17 N–H and O–H groups in total. The molecule has 0 unspecified atom stereocenters. The molecule has 4 saturated heterocycles. The molecule has 16 aromatic rings. The van der Waals surface area contributed by atoms with Gasteiger partial charge in [-0.05, 0) is 224 Å². The van der Waals surface area contributed by atoms with E-state index in [0.717, 1.165) is 204 Å². The first-order valence-electron chi connectivity index (χ1n) is 41.5. The number of aromatic nitrogens is 16.